The number of rotatable bonds is 4. The van der Waals surface area contributed by atoms with Crippen molar-refractivity contribution in [1.29, 1.82) is 5.26 Å². The molecule has 2 aromatic rings. The third-order valence-electron chi connectivity index (χ3n) is 2.43. The van der Waals surface area contributed by atoms with Crippen molar-refractivity contribution in [3.8, 4) is 17.6 Å². The molecular formula is C15H11BrN2O2. The minimum atomic E-state index is -0.325. The highest BCUT2D eigenvalue weighted by molar-refractivity contribution is 9.10. The lowest BCUT2D eigenvalue weighted by atomic mass is 10.3. The topological polar surface area (TPSA) is 62.1 Å². The smallest absolute Gasteiger partial charge is 0.238 e. The molecule has 0 spiro atoms. The Labute approximate surface area is 125 Å². The van der Waals surface area contributed by atoms with Crippen molar-refractivity contribution in [2.75, 3.05) is 5.32 Å². The lowest BCUT2D eigenvalue weighted by Crippen LogP contribution is -2.09. The molecule has 0 aliphatic rings. The first-order valence-electron chi connectivity index (χ1n) is 5.87. The van der Waals surface area contributed by atoms with Crippen LogP contribution in [0, 0.1) is 11.3 Å². The molecule has 0 atom stereocenters. The molecule has 5 heteroatoms. The summed E-state index contributed by atoms with van der Waals surface area (Å²) in [6.45, 7) is 0. The van der Waals surface area contributed by atoms with Crippen LogP contribution in [0.5, 0.6) is 11.5 Å². The second-order valence-corrected chi connectivity index (χ2v) is 4.88. The number of carbonyl (C=O) groups is 1. The molecule has 0 heterocycles. The molecule has 100 valence electrons. The number of ether oxygens (including phenoxy) is 1. The van der Waals surface area contributed by atoms with E-state index < -0.39 is 0 Å². The largest absolute Gasteiger partial charge is 0.457 e. The molecule has 1 N–H and O–H groups in total. The maximum atomic E-state index is 11.3. The Morgan fingerprint density at radius 1 is 1.10 bits per heavy atom. The van der Waals surface area contributed by atoms with Crippen LogP contribution in [0.4, 0.5) is 5.69 Å². The Morgan fingerprint density at radius 2 is 1.65 bits per heavy atom. The van der Waals surface area contributed by atoms with Crippen LogP contribution in [0.1, 0.15) is 6.42 Å². The van der Waals surface area contributed by atoms with E-state index in [1.807, 2.05) is 24.3 Å². The number of carbonyl (C=O) groups excluding carboxylic acids is 1. The van der Waals surface area contributed by atoms with Crippen molar-refractivity contribution in [1.82, 2.24) is 0 Å². The number of anilines is 1. The Hall–Kier alpha value is -2.32. The van der Waals surface area contributed by atoms with Gasteiger partial charge < -0.3 is 10.1 Å². The first-order chi connectivity index (χ1) is 9.67. The quantitative estimate of drug-likeness (QED) is 0.918. The molecule has 20 heavy (non-hydrogen) atoms. The third kappa shape index (κ3) is 4.11. The van der Waals surface area contributed by atoms with E-state index in [2.05, 4.69) is 21.2 Å². The maximum absolute atomic E-state index is 11.3. The van der Waals surface area contributed by atoms with E-state index in [0.717, 1.165) is 10.2 Å². The van der Waals surface area contributed by atoms with Gasteiger partial charge in [-0.3, -0.25) is 4.79 Å². The molecular weight excluding hydrogens is 320 g/mol. The van der Waals surface area contributed by atoms with Crippen LogP contribution in [0.25, 0.3) is 0 Å². The molecule has 2 aromatic carbocycles. The average Bonchev–Trinajstić information content (AvgIpc) is 2.44. The summed E-state index contributed by atoms with van der Waals surface area (Å²) in [5.74, 6) is 1.08. The van der Waals surface area contributed by atoms with E-state index in [9.17, 15) is 4.79 Å². The number of nitriles is 1. The van der Waals surface area contributed by atoms with Crippen molar-refractivity contribution < 1.29 is 9.53 Å². The summed E-state index contributed by atoms with van der Waals surface area (Å²) < 4.78 is 6.64. The lowest BCUT2D eigenvalue weighted by molar-refractivity contribution is -0.115. The first-order valence-corrected chi connectivity index (χ1v) is 6.67. The molecule has 0 aliphatic heterocycles. The van der Waals surface area contributed by atoms with Crippen LogP contribution in [0.3, 0.4) is 0 Å². The number of benzene rings is 2. The second kappa shape index (κ2) is 6.73. The van der Waals surface area contributed by atoms with Crippen LogP contribution >= 0.6 is 15.9 Å². The van der Waals surface area contributed by atoms with Gasteiger partial charge in [0, 0.05) is 10.2 Å². The summed E-state index contributed by atoms with van der Waals surface area (Å²) in [7, 11) is 0. The monoisotopic (exact) mass is 330 g/mol. The Bertz CT molecular complexity index is 630. The Kier molecular flexibility index (Phi) is 4.75. The molecule has 0 bridgehead atoms. The van der Waals surface area contributed by atoms with Crippen LogP contribution < -0.4 is 10.1 Å². The summed E-state index contributed by atoms with van der Waals surface area (Å²) in [5.41, 5.74) is 0.633. The van der Waals surface area contributed by atoms with Crippen LogP contribution in [-0.4, -0.2) is 5.91 Å². The summed E-state index contributed by atoms with van der Waals surface area (Å²) in [4.78, 5) is 11.3. The minimum Gasteiger partial charge on any atom is -0.457 e. The predicted molar refractivity (Wildman–Crippen MR) is 79.5 cm³/mol. The molecule has 0 saturated heterocycles. The van der Waals surface area contributed by atoms with Gasteiger partial charge in [0.2, 0.25) is 5.91 Å². The molecule has 0 radical (unpaired) electrons. The molecule has 0 aliphatic carbocycles. The highest BCUT2D eigenvalue weighted by Crippen LogP contribution is 2.24. The molecule has 1 amide bonds. The van der Waals surface area contributed by atoms with E-state index in [1.165, 1.54) is 0 Å². The Morgan fingerprint density at radius 3 is 2.20 bits per heavy atom. The van der Waals surface area contributed by atoms with E-state index in [1.54, 1.807) is 30.3 Å². The van der Waals surface area contributed by atoms with Gasteiger partial charge >= 0.3 is 0 Å². The lowest BCUT2D eigenvalue weighted by Gasteiger charge is -2.07. The minimum absolute atomic E-state index is 0.156. The highest BCUT2D eigenvalue weighted by atomic mass is 79.9. The van der Waals surface area contributed by atoms with Crippen molar-refractivity contribution in [2.24, 2.45) is 0 Å². The zero-order valence-electron chi connectivity index (χ0n) is 10.5. The molecule has 0 unspecified atom stereocenters. The normalized spacial score (nSPS) is 9.60. The first kappa shape index (κ1) is 14.1. The predicted octanol–water partition coefficient (Wildman–Crippen LogP) is 4.09. The van der Waals surface area contributed by atoms with Crippen LogP contribution in [0.2, 0.25) is 0 Å². The summed E-state index contributed by atoms with van der Waals surface area (Å²) >= 11 is 3.36. The fourth-order valence-corrected chi connectivity index (χ4v) is 1.79. The van der Waals surface area contributed by atoms with Crippen molar-refractivity contribution >= 4 is 27.5 Å². The van der Waals surface area contributed by atoms with E-state index in [0.29, 0.717) is 11.4 Å². The maximum Gasteiger partial charge on any atom is 0.238 e. The highest BCUT2D eigenvalue weighted by Gasteiger charge is 2.02. The van der Waals surface area contributed by atoms with E-state index >= 15 is 0 Å². The van der Waals surface area contributed by atoms with Crippen molar-refractivity contribution in [2.45, 2.75) is 6.42 Å². The van der Waals surface area contributed by atoms with E-state index in [-0.39, 0.29) is 12.3 Å². The van der Waals surface area contributed by atoms with Gasteiger partial charge in [-0.25, -0.2) is 0 Å². The van der Waals surface area contributed by atoms with Gasteiger partial charge in [-0.05, 0) is 48.5 Å². The molecule has 4 nitrogen and oxygen atoms in total. The molecule has 0 fully saturated rings. The molecule has 2 rings (SSSR count). The van der Waals surface area contributed by atoms with Gasteiger partial charge in [0.05, 0.1) is 6.07 Å². The van der Waals surface area contributed by atoms with Crippen LogP contribution in [-0.2, 0) is 4.79 Å². The van der Waals surface area contributed by atoms with Crippen LogP contribution in [0.15, 0.2) is 53.0 Å². The van der Waals surface area contributed by atoms with Gasteiger partial charge in [-0.15, -0.1) is 0 Å². The second-order valence-electron chi connectivity index (χ2n) is 3.96. The Balaban J connectivity index is 1.99. The number of hydrogen-bond acceptors (Lipinski definition) is 3. The third-order valence-corrected chi connectivity index (χ3v) is 2.96. The zero-order chi connectivity index (χ0) is 14.4. The number of nitrogens with zero attached hydrogens (tertiary/aromatic N) is 1. The summed E-state index contributed by atoms with van der Waals surface area (Å²) in [6.07, 6.45) is -0.156. The molecule has 0 saturated carbocycles. The van der Waals surface area contributed by atoms with Gasteiger partial charge in [0.25, 0.3) is 0 Å². The SMILES string of the molecule is N#CCC(=O)Nc1ccc(Oc2ccc(Br)cc2)cc1. The standard InChI is InChI=1S/C15H11BrN2O2/c16-11-1-5-13(6-2-11)20-14-7-3-12(4-8-14)18-15(19)9-10-17/h1-8H,9H2,(H,18,19). The number of amides is 1. The van der Waals surface area contributed by atoms with Crippen molar-refractivity contribution in [3.05, 3.63) is 53.0 Å². The van der Waals surface area contributed by atoms with Gasteiger partial charge in [0.1, 0.15) is 17.9 Å². The number of hydrogen-bond donors (Lipinski definition) is 1. The number of halogens is 1. The van der Waals surface area contributed by atoms with Crippen molar-refractivity contribution in [3.63, 3.8) is 0 Å². The fraction of sp³-hybridized carbons (Fsp3) is 0.0667. The van der Waals surface area contributed by atoms with Gasteiger partial charge in [-0.1, -0.05) is 15.9 Å². The summed E-state index contributed by atoms with van der Waals surface area (Å²) in [6, 6.07) is 16.3. The van der Waals surface area contributed by atoms with Gasteiger partial charge in [0.15, 0.2) is 0 Å². The number of nitrogens with one attached hydrogen (secondary N) is 1. The van der Waals surface area contributed by atoms with Gasteiger partial charge in [-0.2, -0.15) is 5.26 Å². The molecule has 0 aromatic heterocycles. The average molecular weight is 331 g/mol. The van der Waals surface area contributed by atoms with E-state index in [4.69, 9.17) is 10.00 Å². The summed E-state index contributed by atoms with van der Waals surface area (Å²) in [5, 5.41) is 11.0. The zero-order valence-corrected chi connectivity index (χ0v) is 12.1. The fourth-order valence-electron chi connectivity index (χ4n) is 1.52.